The lowest BCUT2D eigenvalue weighted by atomic mass is 10.3. The fraction of sp³-hybridized carbons (Fsp3) is 0.222. The van der Waals surface area contributed by atoms with Crippen LogP contribution in [0.15, 0.2) is 12.1 Å². The van der Waals surface area contributed by atoms with Crippen LogP contribution in [-0.4, -0.2) is 18.5 Å². The van der Waals surface area contributed by atoms with Crippen LogP contribution < -0.4 is 10.1 Å². The van der Waals surface area contributed by atoms with Crippen LogP contribution in [0.25, 0.3) is 0 Å². The Hall–Kier alpha value is -0.350. The Labute approximate surface area is 113 Å². The summed E-state index contributed by atoms with van der Waals surface area (Å²) in [4.78, 5) is 11.2. The van der Waals surface area contributed by atoms with Gasteiger partial charge in [0.15, 0.2) is 5.75 Å². The van der Waals surface area contributed by atoms with Gasteiger partial charge in [-0.2, -0.15) is 0 Å². The van der Waals surface area contributed by atoms with E-state index in [1.165, 1.54) is 12.1 Å². The van der Waals surface area contributed by atoms with Crippen molar-refractivity contribution in [3.8, 4) is 5.75 Å². The molecular formula is C9H7Cl4NO2. The molecule has 0 unspecified atom stereocenters. The number of nitrogens with one attached hydrogen (secondary N) is 1. The normalized spacial score (nSPS) is 10.0. The molecular weight excluding hydrogens is 296 g/mol. The van der Waals surface area contributed by atoms with E-state index in [4.69, 9.17) is 51.1 Å². The van der Waals surface area contributed by atoms with Gasteiger partial charge in [-0.25, -0.2) is 4.79 Å². The van der Waals surface area contributed by atoms with Crippen LogP contribution in [0.1, 0.15) is 0 Å². The first-order valence-electron chi connectivity index (χ1n) is 4.20. The summed E-state index contributed by atoms with van der Waals surface area (Å²) in [5, 5.41) is 3.17. The minimum absolute atomic E-state index is 0.142. The van der Waals surface area contributed by atoms with Crippen LogP contribution in [0.2, 0.25) is 15.1 Å². The summed E-state index contributed by atoms with van der Waals surface area (Å²) in [7, 11) is 0. The number of carbonyl (C=O) groups is 1. The highest BCUT2D eigenvalue weighted by atomic mass is 35.5. The molecule has 0 atom stereocenters. The lowest BCUT2D eigenvalue weighted by molar-refractivity contribution is 0.201. The van der Waals surface area contributed by atoms with Crippen molar-refractivity contribution in [3.63, 3.8) is 0 Å². The Morgan fingerprint density at radius 2 is 1.81 bits per heavy atom. The molecule has 88 valence electrons. The molecule has 3 nitrogen and oxygen atoms in total. The molecule has 0 aliphatic heterocycles. The van der Waals surface area contributed by atoms with Gasteiger partial charge in [0, 0.05) is 18.5 Å². The van der Waals surface area contributed by atoms with Crippen molar-refractivity contribution in [2.24, 2.45) is 0 Å². The summed E-state index contributed by atoms with van der Waals surface area (Å²) < 4.78 is 4.90. The fourth-order valence-electron chi connectivity index (χ4n) is 0.868. The molecule has 1 amide bonds. The fourth-order valence-corrected chi connectivity index (χ4v) is 1.54. The highest BCUT2D eigenvalue weighted by Gasteiger charge is 2.10. The number of halogens is 4. The zero-order chi connectivity index (χ0) is 12.1. The average molecular weight is 303 g/mol. The maximum Gasteiger partial charge on any atom is 0.412 e. The van der Waals surface area contributed by atoms with Crippen LogP contribution >= 0.6 is 46.4 Å². The molecule has 0 aliphatic carbocycles. The molecule has 0 aliphatic rings. The lowest BCUT2D eigenvalue weighted by Gasteiger charge is -2.08. The van der Waals surface area contributed by atoms with Gasteiger partial charge >= 0.3 is 6.09 Å². The second-order valence-corrected chi connectivity index (χ2v) is 4.30. The number of benzene rings is 1. The van der Waals surface area contributed by atoms with E-state index in [1.54, 1.807) is 0 Å². The van der Waals surface area contributed by atoms with Crippen molar-refractivity contribution in [2.75, 3.05) is 12.4 Å². The van der Waals surface area contributed by atoms with Crippen molar-refractivity contribution in [2.45, 2.75) is 0 Å². The number of alkyl halides is 1. The summed E-state index contributed by atoms with van der Waals surface area (Å²) >= 11 is 22.7. The molecule has 0 radical (unpaired) electrons. The molecule has 0 heterocycles. The molecule has 0 spiro atoms. The zero-order valence-corrected chi connectivity index (χ0v) is 10.9. The molecule has 0 aromatic heterocycles. The minimum atomic E-state index is -0.652. The Bertz CT molecular complexity index is 397. The third kappa shape index (κ3) is 3.91. The van der Waals surface area contributed by atoms with Crippen molar-refractivity contribution >= 4 is 52.5 Å². The number of ether oxygens (including phenoxy) is 1. The molecule has 1 N–H and O–H groups in total. The quantitative estimate of drug-likeness (QED) is 0.677. The lowest BCUT2D eigenvalue weighted by Crippen LogP contribution is -2.28. The molecule has 0 bridgehead atoms. The van der Waals surface area contributed by atoms with Gasteiger partial charge in [-0.1, -0.05) is 34.8 Å². The Kier molecular flexibility index (Phi) is 5.49. The van der Waals surface area contributed by atoms with Gasteiger partial charge in [-0.3, -0.25) is 0 Å². The predicted molar refractivity (Wildman–Crippen MR) is 66.2 cm³/mol. The highest BCUT2D eigenvalue weighted by molar-refractivity contribution is 6.43. The van der Waals surface area contributed by atoms with E-state index in [1.807, 2.05) is 0 Å². The van der Waals surface area contributed by atoms with E-state index in [9.17, 15) is 4.79 Å². The zero-order valence-electron chi connectivity index (χ0n) is 7.90. The minimum Gasteiger partial charge on any atom is -0.409 e. The predicted octanol–water partition coefficient (Wildman–Crippen LogP) is 3.97. The van der Waals surface area contributed by atoms with E-state index in [-0.39, 0.29) is 15.8 Å². The van der Waals surface area contributed by atoms with Crippen molar-refractivity contribution < 1.29 is 9.53 Å². The van der Waals surface area contributed by atoms with Crippen molar-refractivity contribution in [1.29, 1.82) is 0 Å². The summed E-state index contributed by atoms with van der Waals surface area (Å²) in [5.74, 6) is 0.438. The van der Waals surface area contributed by atoms with Crippen molar-refractivity contribution in [3.05, 3.63) is 27.2 Å². The highest BCUT2D eigenvalue weighted by Crippen LogP contribution is 2.33. The number of carbonyl (C=O) groups excluding carboxylic acids is 1. The molecule has 0 fully saturated rings. The summed E-state index contributed by atoms with van der Waals surface area (Å²) in [6.45, 7) is 0.305. The second-order valence-electron chi connectivity index (χ2n) is 2.70. The van der Waals surface area contributed by atoms with E-state index in [0.29, 0.717) is 17.4 Å². The first kappa shape index (κ1) is 13.7. The first-order chi connectivity index (χ1) is 7.54. The van der Waals surface area contributed by atoms with Gasteiger partial charge in [-0.15, -0.1) is 11.6 Å². The smallest absolute Gasteiger partial charge is 0.409 e. The van der Waals surface area contributed by atoms with Crippen LogP contribution in [0.3, 0.4) is 0 Å². The first-order valence-corrected chi connectivity index (χ1v) is 5.87. The van der Waals surface area contributed by atoms with E-state index in [0.717, 1.165) is 0 Å². The standard InChI is InChI=1S/C9H7Cl4NO2/c10-1-2-14-9(15)16-8-4-6(12)5(11)3-7(8)13/h3-4H,1-2H2,(H,14,15). The van der Waals surface area contributed by atoms with E-state index in [2.05, 4.69) is 5.32 Å². The van der Waals surface area contributed by atoms with Crippen molar-refractivity contribution in [1.82, 2.24) is 5.32 Å². The summed E-state index contributed by atoms with van der Waals surface area (Å²) in [6.07, 6.45) is -0.652. The number of hydrogen-bond acceptors (Lipinski definition) is 2. The van der Waals surface area contributed by atoms with Gasteiger partial charge in [0.2, 0.25) is 0 Å². The van der Waals surface area contributed by atoms with Crippen LogP contribution in [-0.2, 0) is 0 Å². The maximum atomic E-state index is 11.2. The second kappa shape index (κ2) is 6.40. The van der Waals surface area contributed by atoms with Crippen LogP contribution in [0.4, 0.5) is 4.79 Å². The Morgan fingerprint density at radius 1 is 1.19 bits per heavy atom. The molecule has 0 saturated heterocycles. The third-order valence-electron chi connectivity index (χ3n) is 1.54. The average Bonchev–Trinajstić information content (AvgIpc) is 2.23. The van der Waals surface area contributed by atoms with Gasteiger partial charge in [0.05, 0.1) is 15.1 Å². The molecule has 7 heteroatoms. The van der Waals surface area contributed by atoms with E-state index >= 15 is 0 Å². The van der Waals surface area contributed by atoms with Crippen LogP contribution in [0.5, 0.6) is 5.75 Å². The van der Waals surface area contributed by atoms with Gasteiger partial charge < -0.3 is 10.1 Å². The molecule has 1 aromatic rings. The van der Waals surface area contributed by atoms with Crippen LogP contribution in [0, 0.1) is 0 Å². The molecule has 16 heavy (non-hydrogen) atoms. The maximum absolute atomic E-state index is 11.2. The summed E-state index contributed by atoms with van der Waals surface area (Å²) in [5.41, 5.74) is 0. The number of hydrogen-bond donors (Lipinski definition) is 1. The number of amides is 1. The Morgan fingerprint density at radius 3 is 2.44 bits per heavy atom. The largest absolute Gasteiger partial charge is 0.412 e. The molecule has 1 rings (SSSR count). The van der Waals surface area contributed by atoms with Gasteiger partial charge in [0.25, 0.3) is 0 Å². The molecule has 1 aromatic carbocycles. The molecule has 0 saturated carbocycles. The number of rotatable bonds is 3. The monoisotopic (exact) mass is 301 g/mol. The summed E-state index contributed by atoms with van der Waals surface area (Å²) in [6, 6.07) is 2.77. The SMILES string of the molecule is O=C(NCCCl)Oc1cc(Cl)c(Cl)cc1Cl. The third-order valence-corrected chi connectivity index (χ3v) is 2.75. The van der Waals surface area contributed by atoms with Gasteiger partial charge in [-0.05, 0) is 6.07 Å². The topological polar surface area (TPSA) is 38.3 Å². The Balaban J connectivity index is 2.73. The van der Waals surface area contributed by atoms with E-state index < -0.39 is 6.09 Å². The van der Waals surface area contributed by atoms with Gasteiger partial charge in [0.1, 0.15) is 0 Å².